The number of aryl methyl sites for hydroxylation is 1. The van der Waals surface area contributed by atoms with Crippen LogP contribution in [0.1, 0.15) is 25.3 Å². The van der Waals surface area contributed by atoms with E-state index in [2.05, 4.69) is 33.4 Å². The maximum absolute atomic E-state index is 11.8. The van der Waals surface area contributed by atoms with Gasteiger partial charge in [0.1, 0.15) is 0 Å². The van der Waals surface area contributed by atoms with Crippen molar-refractivity contribution >= 4 is 27.7 Å². The van der Waals surface area contributed by atoms with E-state index in [-0.39, 0.29) is 0 Å². The molecule has 2 aromatic carbocycles. The number of hydrogen-bond donors (Lipinski definition) is 1. The molecular weight excluding hydrogens is 354 g/mol. The summed E-state index contributed by atoms with van der Waals surface area (Å²) in [5.41, 5.74) is 4.16. The number of carbonyl (C=O) groups excluding carboxylic acids is 1. The Kier molecular flexibility index (Phi) is 7.14. The molecule has 0 atom stereocenters. The van der Waals surface area contributed by atoms with E-state index in [1.165, 1.54) is 5.56 Å². The van der Waals surface area contributed by atoms with Crippen molar-refractivity contribution in [3.63, 3.8) is 0 Å². The fourth-order valence-corrected chi connectivity index (χ4v) is 2.81. The largest absolute Gasteiger partial charge is 0.450 e. The van der Waals surface area contributed by atoms with Gasteiger partial charge < -0.3 is 4.74 Å². The Morgan fingerprint density at radius 3 is 2.61 bits per heavy atom. The number of benzene rings is 2. The van der Waals surface area contributed by atoms with Crippen LogP contribution in [0.2, 0.25) is 0 Å². The van der Waals surface area contributed by atoms with Crippen molar-refractivity contribution in [3.8, 4) is 11.1 Å². The van der Waals surface area contributed by atoms with Crippen LogP contribution >= 0.6 is 15.9 Å². The van der Waals surface area contributed by atoms with E-state index < -0.39 is 6.09 Å². The van der Waals surface area contributed by atoms with Crippen LogP contribution in [0.5, 0.6) is 0 Å². The number of unbranched alkanes of at least 4 members (excludes halogenated alkanes) is 1. The predicted octanol–water partition coefficient (Wildman–Crippen LogP) is 5.64. The molecule has 122 valence electrons. The van der Waals surface area contributed by atoms with Gasteiger partial charge in [0.05, 0.1) is 12.3 Å². The topological polar surface area (TPSA) is 38.3 Å². The lowest BCUT2D eigenvalue weighted by Gasteiger charge is -2.13. The number of amides is 1. The van der Waals surface area contributed by atoms with E-state index in [1.54, 1.807) is 6.92 Å². The highest BCUT2D eigenvalue weighted by Crippen LogP contribution is 2.29. The molecule has 0 saturated heterocycles. The molecule has 0 aliphatic rings. The Hall–Kier alpha value is -1.81. The van der Waals surface area contributed by atoms with E-state index >= 15 is 0 Å². The Labute approximate surface area is 146 Å². The summed E-state index contributed by atoms with van der Waals surface area (Å²) in [4.78, 5) is 11.8. The van der Waals surface area contributed by atoms with Gasteiger partial charge in [0.15, 0.2) is 0 Å². The molecule has 0 saturated carbocycles. The van der Waals surface area contributed by atoms with Crippen molar-refractivity contribution in [2.45, 2.75) is 26.2 Å². The fraction of sp³-hybridized carbons (Fsp3) is 0.316. The summed E-state index contributed by atoms with van der Waals surface area (Å²) in [5, 5.41) is 3.86. The van der Waals surface area contributed by atoms with Crippen LogP contribution in [0.25, 0.3) is 11.1 Å². The summed E-state index contributed by atoms with van der Waals surface area (Å²) in [6.07, 6.45) is 2.91. The molecule has 0 aliphatic carbocycles. The molecule has 1 amide bonds. The van der Waals surface area contributed by atoms with Crippen LogP contribution in [0.15, 0.2) is 48.5 Å². The van der Waals surface area contributed by atoms with Crippen LogP contribution in [-0.4, -0.2) is 18.0 Å². The highest BCUT2D eigenvalue weighted by atomic mass is 79.9. The first-order valence-corrected chi connectivity index (χ1v) is 9.05. The smallest absolute Gasteiger partial charge is 0.411 e. The molecule has 0 unspecified atom stereocenters. The molecule has 0 spiro atoms. The number of halogens is 1. The zero-order valence-corrected chi connectivity index (χ0v) is 14.9. The minimum absolute atomic E-state index is 0.358. The molecular formula is C19H22BrNO2. The molecule has 0 radical (unpaired) electrons. The van der Waals surface area contributed by atoms with Gasteiger partial charge >= 0.3 is 6.09 Å². The lowest BCUT2D eigenvalue weighted by Crippen LogP contribution is -2.14. The number of nitrogens with one attached hydrogen (secondary N) is 1. The third kappa shape index (κ3) is 5.39. The summed E-state index contributed by atoms with van der Waals surface area (Å²) in [6, 6.07) is 16.3. The molecule has 2 rings (SSSR count). The lowest BCUT2D eigenvalue weighted by molar-refractivity contribution is 0.168. The summed E-state index contributed by atoms with van der Waals surface area (Å²) in [6.45, 7) is 2.15. The molecule has 1 N–H and O–H groups in total. The van der Waals surface area contributed by atoms with Gasteiger partial charge in [-0.25, -0.2) is 4.79 Å². The molecule has 3 nitrogen and oxygen atoms in total. The summed E-state index contributed by atoms with van der Waals surface area (Å²) < 4.78 is 4.99. The van der Waals surface area contributed by atoms with E-state index in [9.17, 15) is 4.79 Å². The summed E-state index contributed by atoms with van der Waals surface area (Å²) in [7, 11) is 0. The Morgan fingerprint density at radius 2 is 1.91 bits per heavy atom. The number of hydrogen-bond acceptors (Lipinski definition) is 2. The lowest BCUT2D eigenvalue weighted by atomic mass is 9.98. The van der Waals surface area contributed by atoms with Crippen molar-refractivity contribution in [1.29, 1.82) is 0 Å². The third-order valence-corrected chi connectivity index (χ3v) is 4.09. The Balaban J connectivity index is 2.28. The quantitative estimate of drug-likeness (QED) is 0.502. The first kappa shape index (κ1) is 17.5. The number of anilines is 1. The monoisotopic (exact) mass is 375 g/mol. The first-order chi connectivity index (χ1) is 11.2. The first-order valence-electron chi connectivity index (χ1n) is 7.92. The van der Waals surface area contributed by atoms with Crippen LogP contribution in [0.3, 0.4) is 0 Å². The summed E-state index contributed by atoms with van der Waals surface area (Å²) >= 11 is 3.47. The van der Waals surface area contributed by atoms with Crippen LogP contribution in [-0.2, 0) is 11.2 Å². The van der Waals surface area contributed by atoms with E-state index in [1.807, 2.05) is 36.4 Å². The average Bonchev–Trinajstić information content (AvgIpc) is 2.57. The van der Waals surface area contributed by atoms with E-state index in [0.29, 0.717) is 6.61 Å². The third-order valence-electron chi connectivity index (χ3n) is 3.53. The van der Waals surface area contributed by atoms with Crippen molar-refractivity contribution in [2.24, 2.45) is 0 Å². The highest BCUT2D eigenvalue weighted by molar-refractivity contribution is 9.09. The molecule has 4 heteroatoms. The maximum Gasteiger partial charge on any atom is 0.411 e. The minimum atomic E-state index is -0.420. The second kappa shape index (κ2) is 9.36. The molecule has 0 fully saturated rings. The summed E-state index contributed by atoms with van der Waals surface area (Å²) in [5.74, 6) is 0. The number of carbonyl (C=O) groups is 1. The van der Waals surface area contributed by atoms with E-state index in [4.69, 9.17) is 4.74 Å². The minimum Gasteiger partial charge on any atom is -0.450 e. The number of ether oxygens (including phenoxy) is 1. The SMILES string of the molecule is CCOC(=O)Nc1ccc(CCCCBr)cc1-c1ccccc1. The van der Waals surface area contributed by atoms with Crippen molar-refractivity contribution in [1.82, 2.24) is 0 Å². The normalized spacial score (nSPS) is 10.3. The molecule has 23 heavy (non-hydrogen) atoms. The molecule has 0 bridgehead atoms. The highest BCUT2D eigenvalue weighted by Gasteiger charge is 2.10. The zero-order valence-electron chi connectivity index (χ0n) is 13.3. The van der Waals surface area contributed by atoms with Crippen molar-refractivity contribution < 1.29 is 9.53 Å². The van der Waals surface area contributed by atoms with Gasteiger partial charge in [0.2, 0.25) is 0 Å². The Morgan fingerprint density at radius 1 is 1.13 bits per heavy atom. The molecule has 0 aromatic heterocycles. The van der Waals surface area contributed by atoms with Gasteiger partial charge in [-0.05, 0) is 49.4 Å². The zero-order chi connectivity index (χ0) is 16.5. The molecule has 0 heterocycles. The second-order valence-electron chi connectivity index (χ2n) is 5.24. The van der Waals surface area contributed by atoms with E-state index in [0.717, 1.165) is 41.4 Å². The van der Waals surface area contributed by atoms with Gasteiger partial charge in [-0.3, -0.25) is 5.32 Å². The Bertz CT molecular complexity index is 629. The van der Waals surface area contributed by atoms with Crippen molar-refractivity contribution in [2.75, 3.05) is 17.3 Å². The fourth-order valence-electron chi connectivity index (χ4n) is 2.41. The second-order valence-corrected chi connectivity index (χ2v) is 6.03. The molecule has 2 aromatic rings. The molecule has 0 aliphatic heterocycles. The number of alkyl halides is 1. The van der Waals surface area contributed by atoms with Gasteiger partial charge in [-0.2, -0.15) is 0 Å². The van der Waals surface area contributed by atoms with Gasteiger partial charge in [-0.1, -0.05) is 52.3 Å². The maximum atomic E-state index is 11.8. The van der Waals surface area contributed by atoms with Gasteiger partial charge in [0, 0.05) is 10.9 Å². The van der Waals surface area contributed by atoms with Crippen LogP contribution < -0.4 is 5.32 Å². The average molecular weight is 376 g/mol. The van der Waals surface area contributed by atoms with Gasteiger partial charge in [-0.15, -0.1) is 0 Å². The van der Waals surface area contributed by atoms with Crippen molar-refractivity contribution in [3.05, 3.63) is 54.1 Å². The van der Waals surface area contributed by atoms with Crippen LogP contribution in [0.4, 0.5) is 10.5 Å². The number of rotatable bonds is 7. The van der Waals surface area contributed by atoms with Gasteiger partial charge in [0.25, 0.3) is 0 Å². The predicted molar refractivity (Wildman–Crippen MR) is 99.3 cm³/mol. The standard InChI is InChI=1S/C19H22BrNO2/c1-2-23-19(22)21-18-12-11-15(8-6-7-13-20)14-17(18)16-9-4-3-5-10-16/h3-5,9-12,14H,2,6-8,13H2,1H3,(H,21,22). The van der Waals surface area contributed by atoms with Crippen LogP contribution in [0, 0.1) is 0 Å².